The van der Waals surface area contributed by atoms with E-state index in [9.17, 15) is 9.90 Å². The van der Waals surface area contributed by atoms with Crippen LogP contribution in [-0.2, 0) is 4.79 Å². The highest BCUT2D eigenvalue weighted by atomic mass is 16.3. The van der Waals surface area contributed by atoms with Crippen LogP contribution in [0.2, 0.25) is 0 Å². The molecule has 2 aliphatic carbocycles. The molecule has 2 saturated carbocycles. The Morgan fingerprint density at radius 3 is 2.41 bits per heavy atom. The molecule has 2 rings (SSSR count). The van der Waals surface area contributed by atoms with E-state index in [-0.39, 0.29) is 5.91 Å². The molecule has 2 fully saturated rings. The molecule has 0 heterocycles. The molecule has 0 radical (unpaired) electrons. The van der Waals surface area contributed by atoms with Crippen LogP contribution >= 0.6 is 0 Å². The van der Waals surface area contributed by atoms with Gasteiger partial charge in [0.1, 0.15) is 0 Å². The van der Waals surface area contributed by atoms with Crippen LogP contribution in [0.4, 0.5) is 0 Å². The van der Waals surface area contributed by atoms with Crippen LogP contribution in [0.3, 0.4) is 0 Å². The fourth-order valence-corrected chi connectivity index (χ4v) is 2.41. The Labute approximate surface area is 103 Å². The summed E-state index contributed by atoms with van der Waals surface area (Å²) in [5, 5.41) is 16.4. The maximum atomic E-state index is 11.6. The topological polar surface area (TPSA) is 61.4 Å². The van der Waals surface area contributed by atoms with Crippen LogP contribution in [0.25, 0.3) is 0 Å². The molecule has 0 aromatic rings. The first-order chi connectivity index (χ1) is 8.18. The van der Waals surface area contributed by atoms with Crippen LogP contribution < -0.4 is 10.6 Å². The third-order valence-electron chi connectivity index (χ3n) is 3.78. The highest BCUT2D eigenvalue weighted by molar-refractivity contribution is 5.78. The van der Waals surface area contributed by atoms with Crippen molar-refractivity contribution in [2.75, 3.05) is 13.1 Å². The lowest BCUT2D eigenvalue weighted by molar-refractivity contribution is -0.121. The van der Waals surface area contributed by atoms with Crippen LogP contribution in [-0.4, -0.2) is 35.7 Å². The average Bonchev–Trinajstić information content (AvgIpc) is 3.12. The number of aliphatic hydroxyl groups is 1. The van der Waals surface area contributed by atoms with Crippen molar-refractivity contribution in [1.29, 1.82) is 0 Å². The van der Waals surface area contributed by atoms with E-state index in [1.54, 1.807) is 0 Å². The van der Waals surface area contributed by atoms with Gasteiger partial charge in [-0.2, -0.15) is 0 Å². The second kappa shape index (κ2) is 5.83. The maximum absolute atomic E-state index is 11.6. The molecule has 0 atom stereocenters. The molecule has 1 amide bonds. The number of hydrogen-bond acceptors (Lipinski definition) is 3. The van der Waals surface area contributed by atoms with Crippen molar-refractivity contribution in [3.63, 3.8) is 0 Å². The zero-order valence-corrected chi connectivity index (χ0v) is 10.5. The molecule has 98 valence electrons. The summed E-state index contributed by atoms with van der Waals surface area (Å²) in [6.07, 6.45) is 8.60. The zero-order valence-electron chi connectivity index (χ0n) is 10.5. The quantitative estimate of drug-likeness (QED) is 0.627. The number of carbonyl (C=O) groups is 1. The van der Waals surface area contributed by atoms with Gasteiger partial charge in [-0.3, -0.25) is 4.79 Å². The van der Waals surface area contributed by atoms with E-state index in [1.165, 1.54) is 25.7 Å². The summed E-state index contributed by atoms with van der Waals surface area (Å²) < 4.78 is 0. The van der Waals surface area contributed by atoms with Crippen molar-refractivity contribution < 1.29 is 9.90 Å². The number of hydrogen-bond donors (Lipinski definition) is 3. The molecule has 3 N–H and O–H groups in total. The highest BCUT2D eigenvalue weighted by Gasteiger charge is 2.28. The normalized spacial score (nSPS) is 24.1. The fraction of sp³-hybridized carbons (Fsp3) is 0.923. The molecule has 17 heavy (non-hydrogen) atoms. The van der Waals surface area contributed by atoms with E-state index in [0.29, 0.717) is 19.1 Å². The van der Waals surface area contributed by atoms with Crippen molar-refractivity contribution in [2.24, 2.45) is 0 Å². The molecule has 0 spiro atoms. The minimum Gasteiger partial charge on any atom is -0.388 e. The Morgan fingerprint density at radius 2 is 1.82 bits per heavy atom. The van der Waals surface area contributed by atoms with Gasteiger partial charge in [-0.25, -0.2) is 0 Å². The van der Waals surface area contributed by atoms with Crippen molar-refractivity contribution >= 4 is 5.91 Å². The fourth-order valence-electron chi connectivity index (χ4n) is 2.41. The van der Waals surface area contributed by atoms with Gasteiger partial charge >= 0.3 is 0 Å². The van der Waals surface area contributed by atoms with Gasteiger partial charge in [0.15, 0.2) is 0 Å². The lowest BCUT2D eigenvalue weighted by Crippen LogP contribution is -2.45. The van der Waals surface area contributed by atoms with Gasteiger partial charge in [0, 0.05) is 12.6 Å². The summed E-state index contributed by atoms with van der Waals surface area (Å²) in [7, 11) is 0. The van der Waals surface area contributed by atoms with Gasteiger partial charge in [0.25, 0.3) is 0 Å². The monoisotopic (exact) mass is 240 g/mol. The molecule has 4 heteroatoms. The summed E-state index contributed by atoms with van der Waals surface area (Å²) in [6, 6.07) is 0.557. The van der Waals surface area contributed by atoms with Crippen molar-refractivity contribution in [3.8, 4) is 0 Å². The summed E-state index contributed by atoms with van der Waals surface area (Å²) in [5.41, 5.74) is -0.661. The predicted octanol–water partition coefficient (Wildman–Crippen LogP) is 0.940. The first kappa shape index (κ1) is 12.8. The number of carbonyl (C=O) groups excluding carboxylic acids is 1. The number of rotatable bonds is 5. The van der Waals surface area contributed by atoms with E-state index in [0.717, 1.165) is 25.7 Å². The number of amides is 1. The molecule has 0 saturated heterocycles. The average molecular weight is 240 g/mol. The molecule has 0 unspecified atom stereocenters. The van der Waals surface area contributed by atoms with Gasteiger partial charge in [-0.05, 0) is 25.7 Å². The van der Waals surface area contributed by atoms with Crippen molar-refractivity contribution in [1.82, 2.24) is 10.6 Å². The van der Waals surface area contributed by atoms with Crippen LogP contribution in [0.5, 0.6) is 0 Å². The SMILES string of the molecule is O=C(CNC1CC1)NCC1(O)CCCCCC1. The number of nitrogens with one attached hydrogen (secondary N) is 2. The van der Waals surface area contributed by atoms with E-state index < -0.39 is 5.60 Å². The Bertz CT molecular complexity index is 256. The lowest BCUT2D eigenvalue weighted by atomic mass is 9.94. The third kappa shape index (κ3) is 4.64. The second-order valence-corrected chi connectivity index (χ2v) is 5.57. The molecular formula is C13H24N2O2. The molecule has 0 aromatic carbocycles. The van der Waals surface area contributed by atoms with Crippen LogP contribution in [0, 0.1) is 0 Å². The molecule has 0 aliphatic heterocycles. The molecular weight excluding hydrogens is 216 g/mol. The van der Waals surface area contributed by atoms with Crippen molar-refractivity contribution in [3.05, 3.63) is 0 Å². The zero-order chi connectivity index (χ0) is 12.1. The summed E-state index contributed by atoms with van der Waals surface area (Å²) in [4.78, 5) is 11.6. The Kier molecular flexibility index (Phi) is 4.40. The predicted molar refractivity (Wildman–Crippen MR) is 66.7 cm³/mol. The van der Waals surface area contributed by atoms with Crippen molar-refractivity contribution in [2.45, 2.75) is 63.0 Å². The Hall–Kier alpha value is -0.610. The lowest BCUT2D eigenvalue weighted by Gasteiger charge is -2.26. The van der Waals surface area contributed by atoms with E-state index in [2.05, 4.69) is 10.6 Å². The smallest absolute Gasteiger partial charge is 0.234 e. The highest BCUT2D eigenvalue weighted by Crippen LogP contribution is 2.26. The van der Waals surface area contributed by atoms with Gasteiger partial charge in [-0.1, -0.05) is 25.7 Å². The van der Waals surface area contributed by atoms with E-state index in [1.807, 2.05) is 0 Å². The largest absolute Gasteiger partial charge is 0.388 e. The Balaban J connectivity index is 1.65. The van der Waals surface area contributed by atoms with E-state index in [4.69, 9.17) is 0 Å². The molecule has 0 bridgehead atoms. The van der Waals surface area contributed by atoms with Crippen LogP contribution in [0.1, 0.15) is 51.4 Å². The van der Waals surface area contributed by atoms with Crippen LogP contribution in [0.15, 0.2) is 0 Å². The molecule has 4 nitrogen and oxygen atoms in total. The summed E-state index contributed by atoms with van der Waals surface area (Å²) in [5.74, 6) is 0.00886. The standard InChI is InChI=1S/C13H24N2O2/c16-12(9-14-11-5-6-11)15-10-13(17)7-3-1-2-4-8-13/h11,14,17H,1-10H2,(H,15,16). The maximum Gasteiger partial charge on any atom is 0.234 e. The Morgan fingerprint density at radius 1 is 1.18 bits per heavy atom. The third-order valence-corrected chi connectivity index (χ3v) is 3.78. The van der Waals surface area contributed by atoms with E-state index >= 15 is 0 Å². The van der Waals surface area contributed by atoms with Gasteiger partial charge < -0.3 is 15.7 Å². The minimum absolute atomic E-state index is 0.00886. The summed E-state index contributed by atoms with van der Waals surface area (Å²) >= 11 is 0. The second-order valence-electron chi connectivity index (χ2n) is 5.57. The first-order valence-corrected chi connectivity index (χ1v) is 6.90. The molecule has 2 aliphatic rings. The first-order valence-electron chi connectivity index (χ1n) is 6.90. The molecule has 0 aromatic heterocycles. The minimum atomic E-state index is -0.661. The van der Waals surface area contributed by atoms with Gasteiger partial charge in [0.05, 0.1) is 12.1 Å². The van der Waals surface area contributed by atoms with Gasteiger partial charge in [-0.15, -0.1) is 0 Å². The summed E-state index contributed by atoms with van der Waals surface area (Å²) in [6.45, 7) is 0.804. The van der Waals surface area contributed by atoms with Gasteiger partial charge in [0.2, 0.25) is 5.91 Å².